The lowest BCUT2D eigenvalue weighted by Crippen LogP contribution is -2.43. The second-order valence-electron chi connectivity index (χ2n) is 7.07. The maximum atomic E-state index is 13.3. The molecule has 1 aliphatic carbocycles. The van der Waals surface area contributed by atoms with Crippen LogP contribution in [-0.2, 0) is 0 Å². The van der Waals surface area contributed by atoms with Gasteiger partial charge in [0.25, 0.3) is 5.91 Å². The van der Waals surface area contributed by atoms with Crippen molar-refractivity contribution < 1.29 is 9.90 Å². The fraction of sp³-hybridized carbons (Fsp3) is 0.400. The van der Waals surface area contributed by atoms with E-state index in [2.05, 4.69) is 15.5 Å². The number of carbonyl (C=O) groups is 1. The largest absolute Gasteiger partial charge is 0.387 e. The number of aromatic nitrogens is 4. The predicted octanol–water partition coefficient (Wildman–Crippen LogP) is 2.63. The van der Waals surface area contributed by atoms with Gasteiger partial charge in [-0.15, -0.1) is 5.10 Å². The van der Waals surface area contributed by atoms with E-state index < -0.39 is 6.10 Å². The Kier molecular flexibility index (Phi) is 5.11. The summed E-state index contributed by atoms with van der Waals surface area (Å²) >= 11 is 0. The van der Waals surface area contributed by atoms with Crippen LogP contribution < -0.4 is 0 Å². The summed E-state index contributed by atoms with van der Waals surface area (Å²) < 4.78 is 1.53. The third-order valence-corrected chi connectivity index (χ3v) is 5.28. The van der Waals surface area contributed by atoms with E-state index in [1.54, 1.807) is 18.3 Å². The van der Waals surface area contributed by atoms with Gasteiger partial charge in [0.15, 0.2) is 5.65 Å². The molecule has 2 aromatic heterocycles. The van der Waals surface area contributed by atoms with Crippen molar-refractivity contribution in [2.75, 3.05) is 6.54 Å². The van der Waals surface area contributed by atoms with E-state index in [-0.39, 0.29) is 18.5 Å². The molecule has 27 heavy (non-hydrogen) atoms. The molecule has 1 N–H and O–H groups in total. The number of tetrazole rings is 1. The van der Waals surface area contributed by atoms with E-state index in [9.17, 15) is 9.90 Å². The Bertz CT molecular complexity index is 905. The number of nitrogens with zero attached hydrogens (tertiary/aromatic N) is 5. The van der Waals surface area contributed by atoms with Gasteiger partial charge in [-0.2, -0.15) is 0 Å². The van der Waals surface area contributed by atoms with Crippen molar-refractivity contribution in [2.45, 2.75) is 44.2 Å². The molecule has 7 nitrogen and oxygen atoms in total. The molecule has 140 valence electrons. The van der Waals surface area contributed by atoms with E-state index in [0.717, 1.165) is 31.2 Å². The van der Waals surface area contributed by atoms with Crippen LogP contribution in [0.15, 0.2) is 48.7 Å². The van der Waals surface area contributed by atoms with Crippen molar-refractivity contribution in [1.82, 2.24) is 24.9 Å². The first-order valence-corrected chi connectivity index (χ1v) is 9.44. The highest BCUT2D eigenvalue weighted by Crippen LogP contribution is 2.26. The second kappa shape index (κ2) is 7.84. The van der Waals surface area contributed by atoms with E-state index >= 15 is 0 Å². The molecular formula is C20H23N5O2. The average molecular weight is 365 g/mol. The highest BCUT2D eigenvalue weighted by Gasteiger charge is 2.28. The molecule has 1 fully saturated rings. The number of aliphatic hydroxyl groups is 1. The Balaban J connectivity index is 1.61. The molecule has 0 spiro atoms. The summed E-state index contributed by atoms with van der Waals surface area (Å²) in [5, 5.41) is 22.1. The normalized spacial score (nSPS) is 16.3. The number of hydrogen-bond donors (Lipinski definition) is 1. The molecule has 4 rings (SSSR count). The van der Waals surface area contributed by atoms with Crippen LogP contribution in [0.5, 0.6) is 0 Å². The first-order chi connectivity index (χ1) is 13.2. The van der Waals surface area contributed by atoms with Gasteiger partial charge >= 0.3 is 0 Å². The van der Waals surface area contributed by atoms with Gasteiger partial charge in [-0.25, -0.2) is 4.52 Å². The van der Waals surface area contributed by atoms with Crippen LogP contribution >= 0.6 is 0 Å². The van der Waals surface area contributed by atoms with E-state index in [1.807, 2.05) is 35.2 Å². The summed E-state index contributed by atoms with van der Waals surface area (Å²) in [6.45, 7) is 0.281. The molecule has 1 atom stereocenters. The van der Waals surface area contributed by atoms with Crippen LogP contribution in [0, 0.1) is 0 Å². The number of aliphatic hydroxyl groups excluding tert-OH is 1. The van der Waals surface area contributed by atoms with Crippen LogP contribution in [-0.4, -0.2) is 48.5 Å². The van der Waals surface area contributed by atoms with E-state index in [4.69, 9.17) is 0 Å². The predicted molar refractivity (Wildman–Crippen MR) is 100 cm³/mol. The lowest BCUT2D eigenvalue weighted by Gasteiger charge is -2.36. The zero-order valence-electron chi connectivity index (χ0n) is 15.1. The fourth-order valence-corrected chi connectivity index (χ4v) is 3.80. The van der Waals surface area contributed by atoms with Crippen LogP contribution in [0.4, 0.5) is 0 Å². The summed E-state index contributed by atoms with van der Waals surface area (Å²) in [4.78, 5) is 15.2. The van der Waals surface area contributed by atoms with Gasteiger partial charge in [-0.1, -0.05) is 49.6 Å². The third-order valence-electron chi connectivity index (χ3n) is 5.28. The van der Waals surface area contributed by atoms with Crippen molar-refractivity contribution in [1.29, 1.82) is 0 Å². The Morgan fingerprint density at radius 1 is 1.19 bits per heavy atom. The molecule has 0 radical (unpaired) electrons. The standard InChI is InChI=1S/C20H23N5O2/c26-18(15-7-3-1-4-8-15)14-24(17-9-5-2-6-10-17)20(27)16-11-12-25-19(13-16)21-22-23-25/h1,3-4,7-8,11-13,17-18,26H,2,5-6,9-10,14H2. The number of hydrogen-bond acceptors (Lipinski definition) is 5. The Morgan fingerprint density at radius 3 is 2.74 bits per heavy atom. The minimum atomic E-state index is -0.712. The molecule has 0 saturated heterocycles. The summed E-state index contributed by atoms with van der Waals surface area (Å²) in [5.74, 6) is -0.0811. The third kappa shape index (κ3) is 3.83. The van der Waals surface area contributed by atoms with Crippen molar-refractivity contribution in [2.24, 2.45) is 0 Å². The van der Waals surface area contributed by atoms with Crippen molar-refractivity contribution in [3.63, 3.8) is 0 Å². The first-order valence-electron chi connectivity index (χ1n) is 9.44. The number of pyridine rings is 1. The van der Waals surface area contributed by atoms with Gasteiger partial charge in [-0.05, 0) is 41.0 Å². The molecule has 1 amide bonds. The van der Waals surface area contributed by atoms with Crippen LogP contribution in [0.25, 0.3) is 5.65 Å². The first kappa shape index (κ1) is 17.6. The number of amides is 1. The zero-order chi connectivity index (χ0) is 18.6. The van der Waals surface area contributed by atoms with Gasteiger partial charge in [-0.3, -0.25) is 4.79 Å². The van der Waals surface area contributed by atoms with Crippen molar-refractivity contribution in [3.8, 4) is 0 Å². The van der Waals surface area contributed by atoms with Gasteiger partial charge < -0.3 is 10.0 Å². The highest BCUT2D eigenvalue weighted by atomic mass is 16.3. The van der Waals surface area contributed by atoms with Gasteiger partial charge in [0.2, 0.25) is 0 Å². The van der Waals surface area contributed by atoms with Crippen LogP contribution in [0.2, 0.25) is 0 Å². The molecular weight excluding hydrogens is 342 g/mol. The van der Waals surface area contributed by atoms with Gasteiger partial charge in [0, 0.05) is 17.8 Å². The molecule has 7 heteroatoms. The maximum Gasteiger partial charge on any atom is 0.254 e. The maximum absolute atomic E-state index is 13.3. The monoisotopic (exact) mass is 365 g/mol. The number of carbonyl (C=O) groups excluding carboxylic acids is 1. The Hall–Kier alpha value is -2.80. The minimum absolute atomic E-state index is 0.0811. The lowest BCUT2D eigenvalue weighted by atomic mass is 9.93. The number of benzene rings is 1. The Morgan fingerprint density at radius 2 is 1.96 bits per heavy atom. The van der Waals surface area contributed by atoms with Crippen molar-refractivity contribution in [3.05, 3.63) is 59.8 Å². The molecule has 1 unspecified atom stereocenters. The topological polar surface area (TPSA) is 83.6 Å². The SMILES string of the molecule is O=C(c1ccn2nnnc2c1)N(CC(O)c1ccccc1)C1CCCCC1. The molecule has 1 aliphatic rings. The van der Waals surface area contributed by atoms with Gasteiger partial charge in [0.1, 0.15) is 0 Å². The smallest absolute Gasteiger partial charge is 0.254 e. The molecule has 0 bridgehead atoms. The van der Waals surface area contributed by atoms with E-state index in [0.29, 0.717) is 11.2 Å². The zero-order valence-corrected chi connectivity index (χ0v) is 15.1. The fourth-order valence-electron chi connectivity index (χ4n) is 3.80. The summed E-state index contributed by atoms with van der Waals surface area (Å²) in [5.41, 5.74) is 1.90. The number of rotatable bonds is 5. The quantitative estimate of drug-likeness (QED) is 0.751. The minimum Gasteiger partial charge on any atom is -0.387 e. The molecule has 1 saturated carbocycles. The highest BCUT2D eigenvalue weighted by molar-refractivity contribution is 5.95. The van der Waals surface area contributed by atoms with Crippen molar-refractivity contribution >= 4 is 11.6 Å². The molecule has 3 aromatic rings. The second-order valence-corrected chi connectivity index (χ2v) is 7.07. The van der Waals surface area contributed by atoms with E-state index in [1.165, 1.54) is 10.9 Å². The van der Waals surface area contributed by atoms with Crippen LogP contribution in [0.1, 0.15) is 54.1 Å². The number of fused-ring (bicyclic) bond motifs is 1. The lowest BCUT2D eigenvalue weighted by molar-refractivity contribution is 0.0454. The summed E-state index contributed by atoms with van der Waals surface area (Å²) in [6, 6.07) is 13.1. The molecule has 1 aromatic carbocycles. The van der Waals surface area contributed by atoms with Crippen LogP contribution in [0.3, 0.4) is 0 Å². The average Bonchev–Trinajstić information content (AvgIpc) is 3.20. The summed E-state index contributed by atoms with van der Waals surface area (Å²) in [7, 11) is 0. The summed E-state index contributed by atoms with van der Waals surface area (Å²) in [6.07, 6.45) is 6.36. The molecule has 2 heterocycles. The Labute approximate surface area is 157 Å². The molecule has 0 aliphatic heterocycles. The van der Waals surface area contributed by atoms with Gasteiger partial charge in [0.05, 0.1) is 12.6 Å².